The Morgan fingerprint density at radius 2 is 2.31 bits per heavy atom. The zero-order chi connectivity index (χ0) is 11.2. The highest BCUT2D eigenvalue weighted by molar-refractivity contribution is 5.47. The van der Waals surface area contributed by atoms with Gasteiger partial charge in [-0.15, -0.1) is 0 Å². The summed E-state index contributed by atoms with van der Waals surface area (Å²) in [4.78, 5) is 4.32. The van der Waals surface area contributed by atoms with Crippen LogP contribution in [0.5, 0.6) is 0 Å². The first-order valence-corrected chi connectivity index (χ1v) is 6.20. The lowest BCUT2D eigenvalue weighted by Gasteiger charge is -2.31. The van der Waals surface area contributed by atoms with Crippen LogP contribution in [0.15, 0.2) is 12.3 Å². The van der Waals surface area contributed by atoms with Crippen LogP contribution in [0, 0.1) is 12.8 Å². The standard InChI is InChI=1S/C13H19N3/c1-9-7-11(12(14)15-8-9)13(10-3-4-10)5-2-6-16-13/h7-8,10,16H,2-6H2,1H3,(H2,14,15). The van der Waals surface area contributed by atoms with Gasteiger partial charge in [-0.05, 0) is 56.7 Å². The summed E-state index contributed by atoms with van der Waals surface area (Å²) in [6.07, 6.45) is 6.99. The average molecular weight is 217 g/mol. The Hall–Kier alpha value is -1.09. The first-order valence-electron chi connectivity index (χ1n) is 6.20. The van der Waals surface area contributed by atoms with Crippen LogP contribution in [0.4, 0.5) is 5.82 Å². The molecule has 2 aliphatic rings. The molecular weight excluding hydrogens is 198 g/mol. The van der Waals surface area contributed by atoms with Crippen molar-refractivity contribution in [1.29, 1.82) is 0 Å². The molecule has 2 heterocycles. The quantitative estimate of drug-likeness (QED) is 0.796. The number of nitrogens with one attached hydrogen (secondary N) is 1. The number of nitrogens with zero attached hydrogens (tertiary/aromatic N) is 1. The van der Waals surface area contributed by atoms with Gasteiger partial charge in [0.2, 0.25) is 0 Å². The molecule has 1 saturated carbocycles. The number of nitrogen functional groups attached to an aromatic ring is 1. The Bertz CT molecular complexity index is 404. The minimum Gasteiger partial charge on any atom is -0.383 e. The fraction of sp³-hybridized carbons (Fsp3) is 0.615. The smallest absolute Gasteiger partial charge is 0.128 e. The largest absolute Gasteiger partial charge is 0.383 e. The Morgan fingerprint density at radius 1 is 1.50 bits per heavy atom. The minimum atomic E-state index is 0.142. The van der Waals surface area contributed by atoms with E-state index in [4.69, 9.17) is 5.73 Å². The van der Waals surface area contributed by atoms with Crippen molar-refractivity contribution in [1.82, 2.24) is 10.3 Å². The normalized spacial score (nSPS) is 29.6. The summed E-state index contributed by atoms with van der Waals surface area (Å²) in [5.41, 5.74) is 8.66. The first kappa shape index (κ1) is 10.1. The maximum atomic E-state index is 6.07. The van der Waals surface area contributed by atoms with Gasteiger partial charge < -0.3 is 11.1 Å². The summed E-state index contributed by atoms with van der Waals surface area (Å²) >= 11 is 0. The summed E-state index contributed by atoms with van der Waals surface area (Å²) in [5.74, 6) is 1.49. The van der Waals surface area contributed by atoms with E-state index in [1.807, 2.05) is 6.20 Å². The zero-order valence-corrected chi connectivity index (χ0v) is 9.79. The van der Waals surface area contributed by atoms with E-state index in [0.717, 1.165) is 12.5 Å². The fourth-order valence-electron chi connectivity index (χ4n) is 3.08. The van der Waals surface area contributed by atoms with E-state index in [2.05, 4.69) is 23.3 Å². The SMILES string of the molecule is Cc1cnc(N)c(C2(C3CC3)CCCN2)c1. The van der Waals surface area contributed by atoms with Gasteiger partial charge in [-0.1, -0.05) is 0 Å². The molecule has 3 N–H and O–H groups in total. The average Bonchev–Trinajstić information content (AvgIpc) is 3.02. The van der Waals surface area contributed by atoms with Crippen LogP contribution in [-0.2, 0) is 5.54 Å². The molecule has 3 heteroatoms. The summed E-state index contributed by atoms with van der Waals surface area (Å²) in [5, 5.41) is 3.70. The molecule has 3 rings (SSSR count). The predicted molar refractivity (Wildman–Crippen MR) is 65.0 cm³/mol. The van der Waals surface area contributed by atoms with E-state index in [1.165, 1.54) is 36.8 Å². The highest BCUT2D eigenvalue weighted by Gasteiger charge is 2.49. The number of aromatic nitrogens is 1. The molecule has 0 bridgehead atoms. The van der Waals surface area contributed by atoms with Crippen LogP contribution >= 0.6 is 0 Å². The van der Waals surface area contributed by atoms with Gasteiger partial charge in [0.05, 0.1) is 0 Å². The van der Waals surface area contributed by atoms with Crippen LogP contribution in [0.2, 0.25) is 0 Å². The molecule has 0 radical (unpaired) electrons. The van der Waals surface area contributed by atoms with Crippen LogP contribution in [-0.4, -0.2) is 11.5 Å². The lowest BCUT2D eigenvalue weighted by molar-refractivity contribution is 0.336. The molecule has 16 heavy (non-hydrogen) atoms. The summed E-state index contributed by atoms with van der Waals surface area (Å²) in [6.45, 7) is 3.20. The van der Waals surface area contributed by atoms with Crippen LogP contribution in [0.25, 0.3) is 0 Å². The molecule has 1 saturated heterocycles. The second kappa shape index (κ2) is 3.45. The molecule has 0 amide bonds. The van der Waals surface area contributed by atoms with E-state index in [-0.39, 0.29) is 5.54 Å². The molecule has 1 aliphatic carbocycles. The van der Waals surface area contributed by atoms with Gasteiger partial charge >= 0.3 is 0 Å². The monoisotopic (exact) mass is 217 g/mol. The lowest BCUT2D eigenvalue weighted by atomic mass is 9.83. The van der Waals surface area contributed by atoms with Gasteiger partial charge in [0.1, 0.15) is 5.82 Å². The van der Waals surface area contributed by atoms with Gasteiger partial charge in [-0.25, -0.2) is 4.98 Å². The van der Waals surface area contributed by atoms with Gasteiger partial charge in [-0.3, -0.25) is 0 Å². The van der Waals surface area contributed by atoms with Gasteiger partial charge in [0.15, 0.2) is 0 Å². The van der Waals surface area contributed by atoms with E-state index in [9.17, 15) is 0 Å². The second-order valence-corrected chi connectivity index (χ2v) is 5.22. The Kier molecular flexibility index (Phi) is 2.18. The molecule has 1 aliphatic heterocycles. The van der Waals surface area contributed by atoms with Crippen molar-refractivity contribution in [3.05, 3.63) is 23.4 Å². The van der Waals surface area contributed by atoms with Crippen molar-refractivity contribution >= 4 is 5.82 Å². The molecule has 0 aromatic carbocycles. The number of pyridine rings is 1. The molecule has 1 aromatic heterocycles. The van der Waals surface area contributed by atoms with E-state index in [0.29, 0.717) is 5.82 Å². The van der Waals surface area contributed by atoms with Gasteiger partial charge in [0.25, 0.3) is 0 Å². The maximum absolute atomic E-state index is 6.07. The second-order valence-electron chi connectivity index (χ2n) is 5.22. The van der Waals surface area contributed by atoms with Crippen LogP contribution in [0.3, 0.4) is 0 Å². The third-order valence-electron chi connectivity index (χ3n) is 4.00. The highest BCUT2D eigenvalue weighted by Crippen LogP contribution is 2.51. The molecule has 3 nitrogen and oxygen atoms in total. The van der Waals surface area contributed by atoms with Crippen molar-refractivity contribution in [2.45, 2.75) is 38.1 Å². The van der Waals surface area contributed by atoms with Crippen molar-refractivity contribution < 1.29 is 0 Å². The van der Waals surface area contributed by atoms with E-state index >= 15 is 0 Å². The third kappa shape index (κ3) is 1.42. The molecule has 1 aromatic rings. The van der Waals surface area contributed by atoms with Crippen molar-refractivity contribution in [2.24, 2.45) is 5.92 Å². The molecule has 1 atom stereocenters. The Morgan fingerprint density at radius 3 is 2.94 bits per heavy atom. The number of rotatable bonds is 2. The van der Waals surface area contributed by atoms with E-state index < -0.39 is 0 Å². The van der Waals surface area contributed by atoms with Gasteiger partial charge in [-0.2, -0.15) is 0 Å². The Balaban J connectivity index is 2.08. The molecule has 0 spiro atoms. The van der Waals surface area contributed by atoms with Crippen LogP contribution < -0.4 is 11.1 Å². The van der Waals surface area contributed by atoms with Crippen molar-refractivity contribution in [3.8, 4) is 0 Å². The number of aryl methyl sites for hydroxylation is 1. The molecule has 1 unspecified atom stereocenters. The minimum absolute atomic E-state index is 0.142. The topological polar surface area (TPSA) is 50.9 Å². The van der Waals surface area contributed by atoms with Crippen molar-refractivity contribution in [2.75, 3.05) is 12.3 Å². The lowest BCUT2D eigenvalue weighted by Crippen LogP contribution is -2.39. The molecule has 86 valence electrons. The van der Waals surface area contributed by atoms with Crippen molar-refractivity contribution in [3.63, 3.8) is 0 Å². The molecule has 2 fully saturated rings. The van der Waals surface area contributed by atoms with E-state index in [1.54, 1.807) is 0 Å². The van der Waals surface area contributed by atoms with Crippen LogP contribution in [0.1, 0.15) is 36.8 Å². The number of anilines is 1. The first-order chi connectivity index (χ1) is 7.72. The summed E-state index contributed by atoms with van der Waals surface area (Å²) < 4.78 is 0. The highest BCUT2D eigenvalue weighted by atomic mass is 15.0. The number of nitrogens with two attached hydrogens (primary N) is 1. The fourth-order valence-corrected chi connectivity index (χ4v) is 3.08. The zero-order valence-electron chi connectivity index (χ0n) is 9.79. The predicted octanol–water partition coefficient (Wildman–Crippen LogP) is 1.96. The molecular formula is C13H19N3. The van der Waals surface area contributed by atoms with Gasteiger partial charge in [0, 0.05) is 17.3 Å². The Labute approximate surface area is 96.4 Å². The third-order valence-corrected chi connectivity index (χ3v) is 4.00. The maximum Gasteiger partial charge on any atom is 0.128 e. The summed E-state index contributed by atoms with van der Waals surface area (Å²) in [6, 6.07) is 2.22. The number of hydrogen-bond acceptors (Lipinski definition) is 3. The summed E-state index contributed by atoms with van der Waals surface area (Å²) in [7, 11) is 0. The number of hydrogen-bond donors (Lipinski definition) is 2.